The molecule has 0 radical (unpaired) electrons. The Kier molecular flexibility index (Phi) is 22.9. The van der Waals surface area contributed by atoms with Crippen LogP contribution in [0.3, 0.4) is 0 Å². The lowest BCUT2D eigenvalue weighted by molar-refractivity contribution is -0.144. The molecule has 1 aromatic carbocycles. The number of unbranched alkanes of at least 4 members (excludes halogenated alkanes) is 1. The number of thiazole rings is 6. The topological polar surface area (TPSA) is 374 Å². The minimum Gasteiger partial charge on any atom is -0.481 e. The number of carboxylic acids is 2. The molecule has 91 heavy (non-hydrogen) atoms. The SMILES string of the molecule is CNC(=O)C[C@H](N)c1nc(C(=O)NC(c2nc(C(=O)NCC(=O)N[C@H](c3nc(-c4nc(-c5nc(-c6nc(N(CCCCC(=O)O)C(=O)[C@H]7CC[C@H](C(=O)O)CC7)cs6)ccc5-c5nc(C=O)cs5)cs4)cs3)[C@@H](O)c3ccccc3)c(COC)s2)C(C)C)c(C)s1. The monoisotopic (exact) mass is 1350 g/mol. The van der Waals surface area contributed by atoms with Crippen LogP contribution >= 0.6 is 68.0 Å². The molecule has 8 aromatic rings. The van der Waals surface area contributed by atoms with E-state index in [9.17, 15) is 53.7 Å². The van der Waals surface area contributed by atoms with E-state index in [0.29, 0.717) is 124 Å². The van der Waals surface area contributed by atoms with Gasteiger partial charge in [-0.15, -0.1) is 68.0 Å². The summed E-state index contributed by atoms with van der Waals surface area (Å²) in [7, 11) is 2.97. The maximum Gasteiger partial charge on any atom is 0.306 e. The Morgan fingerprint density at radius 2 is 1.43 bits per heavy atom. The Morgan fingerprint density at radius 3 is 2.12 bits per heavy atom. The van der Waals surface area contributed by atoms with Gasteiger partial charge in [-0.3, -0.25) is 43.3 Å². The number of aldehydes is 1. The molecule has 0 aliphatic heterocycles. The average molecular weight is 1350 g/mol. The third kappa shape index (κ3) is 16.6. The average Bonchev–Trinajstić information content (AvgIpc) is 1.77. The second kappa shape index (κ2) is 30.9. The molecule has 1 aliphatic rings. The first kappa shape index (κ1) is 67.4. The molecule has 7 heterocycles. The normalized spacial score (nSPS) is 15.3. The van der Waals surface area contributed by atoms with Crippen molar-refractivity contribution in [2.45, 2.75) is 103 Å². The summed E-state index contributed by atoms with van der Waals surface area (Å²) in [4.78, 5) is 139. The number of aromatic nitrogens is 7. The van der Waals surface area contributed by atoms with E-state index in [1.54, 1.807) is 75.8 Å². The number of carboxylic acid groups (broad SMARTS) is 2. The summed E-state index contributed by atoms with van der Waals surface area (Å²) in [6, 6.07) is 9.76. The van der Waals surface area contributed by atoms with Crippen LogP contribution in [0, 0.1) is 24.7 Å². The number of carbonyl (C=O) groups excluding carboxylic acids is 6. The smallest absolute Gasteiger partial charge is 0.306 e. The number of benzene rings is 1. The number of nitrogens with zero attached hydrogens (tertiary/aromatic N) is 8. The quantitative estimate of drug-likeness (QED) is 0.0160. The molecular formula is C60H65N13O12S6. The van der Waals surface area contributed by atoms with Crippen molar-refractivity contribution in [3.05, 3.63) is 111 Å². The number of aryl methyl sites for hydroxylation is 1. The number of nitrogens with one attached hydrogen (secondary N) is 4. The second-order valence-electron chi connectivity index (χ2n) is 21.6. The Hall–Kier alpha value is -8.01. The van der Waals surface area contributed by atoms with Crippen molar-refractivity contribution in [2.24, 2.45) is 23.5 Å². The van der Waals surface area contributed by atoms with Crippen LogP contribution in [0.2, 0.25) is 0 Å². The number of amides is 5. The van der Waals surface area contributed by atoms with Crippen molar-refractivity contribution >= 4 is 122 Å². The fourth-order valence-electron chi connectivity index (χ4n) is 10.0. The number of pyridine rings is 1. The van der Waals surface area contributed by atoms with Gasteiger partial charge in [-0.25, -0.2) is 34.9 Å². The highest BCUT2D eigenvalue weighted by Crippen LogP contribution is 2.41. The fraction of sp³-hybridized carbons (Fsp3) is 0.383. The molecule has 0 spiro atoms. The van der Waals surface area contributed by atoms with Crippen LogP contribution in [-0.2, 0) is 35.3 Å². The second-order valence-corrected chi connectivity index (χ2v) is 27.4. The van der Waals surface area contributed by atoms with Crippen molar-refractivity contribution < 1.29 is 58.4 Å². The third-order valence-corrected chi connectivity index (χ3v) is 20.6. The lowest BCUT2D eigenvalue weighted by atomic mass is 9.81. The Morgan fingerprint density at radius 1 is 0.725 bits per heavy atom. The molecule has 31 heteroatoms. The first-order valence-electron chi connectivity index (χ1n) is 28.8. The lowest BCUT2D eigenvalue weighted by Crippen LogP contribution is -2.40. The van der Waals surface area contributed by atoms with Crippen LogP contribution < -0.4 is 31.9 Å². The Bertz CT molecular complexity index is 3930. The van der Waals surface area contributed by atoms with Gasteiger partial charge in [-0.05, 0) is 69.1 Å². The highest BCUT2D eigenvalue weighted by Gasteiger charge is 2.35. The van der Waals surface area contributed by atoms with Crippen molar-refractivity contribution in [3.63, 3.8) is 0 Å². The zero-order valence-electron chi connectivity index (χ0n) is 49.9. The summed E-state index contributed by atoms with van der Waals surface area (Å²) in [6.07, 6.45) is 1.55. The van der Waals surface area contributed by atoms with Crippen LogP contribution in [0.5, 0.6) is 0 Å². The molecule has 478 valence electrons. The summed E-state index contributed by atoms with van der Waals surface area (Å²) in [6.45, 7) is 5.18. The number of rotatable bonds is 29. The van der Waals surface area contributed by atoms with E-state index >= 15 is 0 Å². The molecule has 5 amide bonds. The van der Waals surface area contributed by atoms with Gasteiger partial charge in [0.2, 0.25) is 17.7 Å². The van der Waals surface area contributed by atoms with Gasteiger partial charge >= 0.3 is 11.9 Å². The van der Waals surface area contributed by atoms with Crippen molar-refractivity contribution in [1.82, 2.24) is 56.2 Å². The molecule has 7 aromatic heterocycles. The highest BCUT2D eigenvalue weighted by atomic mass is 32.1. The molecule has 1 fully saturated rings. The van der Waals surface area contributed by atoms with Crippen LogP contribution in [0.15, 0.2) is 64.0 Å². The fourth-order valence-corrected chi connectivity index (χ4v) is 15.5. The number of carbonyl (C=O) groups is 8. The molecule has 1 saturated carbocycles. The summed E-state index contributed by atoms with van der Waals surface area (Å²) >= 11 is 7.33. The Labute approximate surface area is 546 Å². The first-order valence-corrected chi connectivity index (χ1v) is 34.0. The molecule has 1 aliphatic carbocycles. The predicted octanol–water partition coefficient (Wildman–Crippen LogP) is 8.82. The highest BCUT2D eigenvalue weighted by molar-refractivity contribution is 7.15. The van der Waals surface area contributed by atoms with Crippen LogP contribution in [0.25, 0.3) is 43.4 Å². The minimum atomic E-state index is -1.31. The number of hydrogen-bond donors (Lipinski definition) is 8. The largest absolute Gasteiger partial charge is 0.481 e. The van der Waals surface area contributed by atoms with Gasteiger partial charge in [0.1, 0.15) is 82.2 Å². The van der Waals surface area contributed by atoms with Crippen LogP contribution in [0.1, 0.15) is 151 Å². The van der Waals surface area contributed by atoms with E-state index in [0.717, 1.165) is 0 Å². The minimum absolute atomic E-state index is 0.000736. The zero-order valence-corrected chi connectivity index (χ0v) is 54.8. The third-order valence-electron chi connectivity index (χ3n) is 14.9. The molecule has 1 unspecified atom stereocenters. The summed E-state index contributed by atoms with van der Waals surface area (Å²) in [5.74, 6) is -4.92. The van der Waals surface area contributed by atoms with Gasteiger partial charge < -0.3 is 47.1 Å². The van der Waals surface area contributed by atoms with Crippen molar-refractivity contribution in [2.75, 3.05) is 32.1 Å². The lowest BCUT2D eigenvalue weighted by Gasteiger charge is -2.30. The van der Waals surface area contributed by atoms with Gasteiger partial charge in [-0.1, -0.05) is 44.2 Å². The zero-order chi connectivity index (χ0) is 65.0. The van der Waals surface area contributed by atoms with E-state index in [2.05, 4.69) is 36.2 Å². The Balaban J connectivity index is 0.935. The summed E-state index contributed by atoms with van der Waals surface area (Å²) in [5, 5.41) is 51.4. The molecule has 25 nitrogen and oxygen atoms in total. The van der Waals surface area contributed by atoms with Gasteiger partial charge in [-0.2, -0.15) is 0 Å². The maximum atomic E-state index is 14.2. The number of nitrogens with two attached hydrogens (primary N) is 1. The number of methoxy groups -OCH3 is 1. The first-order chi connectivity index (χ1) is 43.7. The number of hydrogen-bond acceptors (Lipinski definition) is 24. The standard InChI is InChI=1S/C60H65N13O12S6/c1-29(2)45(70-52(81)46-30(3)90-54(71-46)36(61)21-42(75)62-4)58-72-48(40(91-58)24-85-5)51(80)63-22-43(76)69-49(50(79)31-11-7-6-8-12-31)57-67-39(27-88-57)56-66-38(26-87-56)47-35(53-64-34(23-74)25-86-53)18-19-37(65-47)55-68-41(28-89-55)73(20-10-9-13-44(77)78)59(82)32-14-16-33(17-15-32)60(83)84/h6-8,11-12,18-19,23,25-29,32-33,36,45,49-50,79H,9-10,13-17,20-22,24,61H2,1-5H3,(H,62,75)(H,63,80)(H,69,76)(H,70,81)(H,77,78)(H,83,84)/t32-,33-,36-,45?,49-,50-/m0/s1. The van der Waals surface area contributed by atoms with Crippen molar-refractivity contribution in [3.8, 4) is 43.4 Å². The maximum absolute atomic E-state index is 14.2. The molecule has 0 saturated heterocycles. The van der Waals surface area contributed by atoms with Crippen LogP contribution in [-0.4, -0.2) is 125 Å². The number of ether oxygens (including phenoxy) is 1. The molecular weight excluding hydrogens is 1290 g/mol. The van der Waals surface area contributed by atoms with E-state index in [4.69, 9.17) is 30.4 Å². The summed E-state index contributed by atoms with van der Waals surface area (Å²) in [5.41, 5.74) is 9.34. The van der Waals surface area contributed by atoms with E-state index in [1.807, 2.05) is 13.8 Å². The van der Waals surface area contributed by atoms with E-state index in [-0.39, 0.29) is 60.8 Å². The molecule has 0 bridgehead atoms. The van der Waals surface area contributed by atoms with Gasteiger partial charge in [0.05, 0.1) is 41.7 Å². The predicted molar refractivity (Wildman–Crippen MR) is 346 cm³/mol. The van der Waals surface area contributed by atoms with Crippen molar-refractivity contribution in [1.29, 1.82) is 0 Å². The van der Waals surface area contributed by atoms with Crippen LogP contribution in [0.4, 0.5) is 5.82 Å². The number of aliphatic hydroxyl groups excluding tert-OH is 1. The van der Waals surface area contributed by atoms with Gasteiger partial charge in [0.25, 0.3) is 11.8 Å². The molecule has 9 rings (SSSR count). The number of anilines is 1. The molecule has 4 atom stereocenters. The number of aliphatic carboxylic acids is 2. The summed E-state index contributed by atoms with van der Waals surface area (Å²) < 4.78 is 5.44. The number of aliphatic hydroxyl groups is 1. The molecule has 9 N–H and O–H groups in total. The van der Waals surface area contributed by atoms with E-state index < -0.39 is 72.3 Å². The van der Waals surface area contributed by atoms with E-state index in [1.165, 1.54) is 82.2 Å². The van der Waals surface area contributed by atoms with Gasteiger partial charge in [0.15, 0.2) is 6.29 Å². The van der Waals surface area contributed by atoms with Gasteiger partial charge in [0, 0.05) is 71.4 Å².